The van der Waals surface area contributed by atoms with E-state index in [2.05, 4.69) is 20.5 Å². The Morgan fingerprint density at radius 2 is 2.41 bits per heavy atom. The van der Waals surface area contributed by atoms with Crippen LogP contribution in [0.4, 0.5) is 5.82 Å². The molecular weight excluding hydrogens is 218 g/mol. The van der Waals surface area contributed by atoms with Gasteiger partial charge in [0.05, 0.1) is 6.20 Å². The second-order valence-corrected chi connectivity index (χ2v) is 3.67. The first-order valence-corrected chi connectivity index (χ1v) is 5.15. The summed E-state index contributed by atoms with van der Waals surface area (Å²) in [5, 5.41) is 9.48. The van der Waals surface area contributed by atoms with E-state index >= 15 is 0 Å². The molecule has 0 fully saturated rings. The lowest BCUT2D eigenvalue weighted by atomic mass is 10.2. The number of aromatic nitrogens is 3. The summed E-state index contributed by atoms with van der Waals surface area (Å²) in [6.07, 6.45) is 3.20. The summed E-state index contributed by atoms with van der Waals surface area (Å²) >= 11 is 0. The van der Waals surface area contributed by atoms with Crippen LogP contribution in [0, 0.1) is 6.92 Å². The Hall–Kier alpha value is -2.37. The van der Waals surface area contributed by atoms with E-state index < -0.39 is 0 Å². The minimum atomic E-state index is -0.181. The first kappa shape index (κ1) is 11.1. The molecule has 0 aliphatic heterocycles. The maximum Gasteiger partial charge on any atom is 0.251 e. The minimum Gasteiger partial charge on any atom is -0.384 e. The van der Waals surface area contributed by atoms with Crippen LogP contribution in [0.1, 0.15) is 21.6 Å². The molecule has 2 heterocycles. The number of carbonyl (C=O) groups is 1. The SMILES string of the molecule is Cc1[nH]ncc1CNC(=O)c1ccnc(N)c1. The van der Waals surface area contributed by atoms with Gasteiger partial charge >= 0.3 is 0 Å². The summed E-state index contributed by atoms with van der Waals surface area (Å²) in [6, 6.07) is 3.16. The molecule has 0 aliphatic carbocycles. The number of rotatable bonds is 3. The number of nitrogens with zero attached hydrogens (tertiary/aromatic N) is 2. The van der Waals surface area contributed by atoms with Crippen molar-refractivity contribution in [3.8, 4) is 0 Å². The van der Waals surface area contributed by atoms with Crippen molar-refractivity contribution in [2.24, 2.45) is 0 Å². The van der Waals surface area contributed by atoms with Crippen molar-refractivity contribution in [1.82, 2.24) is 20.5 Å². The van der Waals surface area contributed by atoms with Gasteiger partial charge in [0.25, 0.3) is 5.91 Å². The van der Waals surface area contributed by atoms with Crippen molar-refractivity contribution in [2.75, 3.05) is 5.73 Å². The number of pyridine rings is 1. The smallest absolute Gasteiger partial charge is 0.251 e. The predicted octanol–water partition coefficient (Wildman–Crippen LogP) is 0.625. The molecule has 0 aromatic carbocycles. The molecule has 6 heteroatoms. The first-order chi connectivity index (χ1) is 8.16. The van der Waals surface area contributed by atoms with E-state index in [9.17, 15) is 4.79 Å². The Labute approximate surface area is 98.3 Å². The topological polar surface area (TPSA) is 96.7 Å². The number of anilines is 1. The van der Waals surface area contributed by atoms with Gasteiger partial charge in [-0.25, -0.2) is 4.98 Å². The Balaban J connectivity index is 2.01. The molecular formula is C11H13N5O. The van der Waals surface area contributed by atoms with Crippen LogP contribution in [0.15, 0.2) is 24.5 Å². The van der Waals surface area contributed by atoms with Gasteiger partial charge in [-0.15, -0.1) is 0 Å². The lowest BCUT2D eigenvalue weighted by Crippen LogP contribution is -2.23. The molecule has 0 saturated carbocycles. The van der Waals surface area contributed by atoms with Crippen molar-refractivity contribution >= 4 is 11.7 Å². The third-order valence-corrected chi connectivity index (χ3v) is 2.42. The molecule has 0 saturated heterocycles. The first-order valence-electron chi connectivity index (χ1n) is 5.15. The van der Waals surface area contributed by atoms with Gasteiger partial charge in [0, 0.05) is 29.6 Å². The quantitative estimate of drug-likeness (QED) is 0.721. The lowest BCUT2D eigenvalue weighted by molar-refractivity contribution is 0.0951. The molecule has 0 aliphatic rings. The highest BCUT2D eigenvalue weighted by molar-refractivity contribution is 5.94. The van der Waals surface area contributed by atoms with Crippen LogP contribution in [-0.4, -0.2) is 21.1 Å². The molecule has 2 aromatic rings. The third-order valence-electron chi connectivity index (χ3n) is 2.42. The van der Waals surface area contributed by atoms with E-state index in [0.29, 0.717) is 17.9 Å². The summed E-state index contributed by atoms with van der Waals surface area (Å²) in [5.74, 6) is 0.150. The molecule has 2 rings (SSSR count). The van der Waals surface area contributed by atoms with Gasteiger partial charge in [0.15, 0.2) is 0 Å². The van der Waals surface area contributed by atoms with E-state index in [4.69, 9.17) is 5.73 Å². The third kappa shape index (κ3) is 2.60. The van der Waals surface area contributed by atoms with E-state index in [1.807, 2.05) is 6.92 Å². The van der Waals surface area contributed by atoms with Gasteiger partial charge in [-0.2, -0.15) is 5.10 Å². The fourth-order valence-electron chi connectivity index (χ4n) is 1.42. The van der Waals surface area contributed by atoms with Crippen molar-refractivity contribution in [3.05, 3.63) is 41.3 Å². The number of nitrogens with two attached hydrogens (primary N) is 1. The molecule has 0 atom stereocenters. The lowest BCUT2D eigenvalue weighted by Gasteiger charge is -2.04. The van der Waals surface area contributed by atoms with Crippen LogP contribution >= 0.6 is 0 Å². The van der Waals surface area contributed by atoms with E-state index in [1.54, 1.807) is 12.3 Å². The second kappa shape index (κ2) is 4.65. The zero-order chi connectivity index (χ0) is 12.3. The van der Waals surface area contributed by atoms with Crippen molar-refractivity contribution in [1.29, 1.82) is 0 Å². The maximum absolute atomic E-state index is 11.8. The van der Waals surface area contributed by atoms with Crippen LogP contribution in [0.3, 0.4) is 0 Å². The minimum absolute atomic E-state index is 0.181. The van der Waals surface area contributed by atoms with E-state index in [0.717, 1.165) is 11.3 Å². The number of carbonyl (C=O) groups excluding carboxylic acids is 1. The van der Waals surface area contributed by atoms with Crippen LogP contribution < -0.4 is 11.1 Å². The Bertz CT molecular complexity index is 534. The molecule has 6 nitrogen and oxygen atoms in total. The maximum atomic E-state index is 11.8. The number of nitrogens with one attached hydrogen (secondary N) is 2. The number of amides is 1. The summed E-state index contributed by atoms with van der Waals surface area (Å²) in [7, 11) is 0. The number of nitrogen functional groups attached to an aromatic ring is 1. The van der Waals surface area contributed by atoms with Gasteiger partial charge in [-0.05, 0) is 19.1 Å². The molecule has 0 spiro atoms. The average Bonchev–Trinajstić information content (AvgIpc) is 2.72. The largest absolute Gasteiger partial charge is 0.384 e. The number of H-pyrrole nitrogens is 1. The molecule has 0 radical (unpaired) electrons. The van der Waals surface area contributed by atoms with Gasteiger partial charge in [0.1, 0.15) is 5.82 Å². The number of hydrogen-bond donors (Lipinski definition) is 3. The highest BCUT2D eigenvalue weighted by Gasteiger charge is 2.07. The molecule has 0 bridgehead atoms. The standard InChI is InChI=1S/C11H13N5O/c1-7-9(6-15-16-7)5-14-11(17)8-2-3-13-10(12)4-8/h2-4,6H,5H2,1H3,(H2,12,13)(H,14,17)(H,15,16). The molecule has 0 unspecified atom stereocenters. The molecule has 1 amide bonds. The van der Waals surface area contributed by atoms with Gasteiger partial charge in [-0.3, -0.25) is 9.89 Å². The number of hydrogen-bond acceptors (Lipinski definition) is 4. The zero-order valence-electron chi connectivity index (χ0n) is 9.40. The Kier molecular flexibility index (Phi) is 3.04. The molecule has 88 valence electrons. The summed E-state index contributed by atoms with van der Waals surface area (Å²) in [6.45, 7) is 2.34. The molecule has 4 N–H and O–H groups in total. The van der Waals surface area contributed by atoms with E-state index in [1.165, 1.54) is 12.3 Å². The van der Waals surface area contributed by atoms with Crippen LogP contribution in [0.2, 0.25) is 0 Å². The van der Waals surface area contributed by atoms with Crippen molar-refractivity contribution in [3.63, 3.8) is 0 Å². The predicted molar refractivity (Wildman–Crippen MR) is 63.1 cm³/mol. The van der Waals surface area contributed by atoms with Gasteiger partial charge in [0.2, 0.25) is 0 Å². The highest BCUT2D eigenvalue weighted by Crippen LogP contribution is 2.05. The number of aryl methyl sites for hydroxylation is 1. The number of aromatic amines is 1. The normalized spacial score (nSPS) is 10.2. The highest BCUT2D eigenvalue weighted by atomic mass is 16.1. The van der Waals surface area contributed by atoms with Gasteiger partial charge < -0.3 is 11.1 Å². The van der Waals surface area contributed by atoms with Crippen LogP contribution in [0.5, 0.6) is 0 Å². The summed E-state index contributed by atoms with van der Waals surface area (Å²) in [5.41, 5.74) is 7.91. The zero-order valence-corrected chi connectivity index (χ0v) is 9.40. The second-order valence-electron chi connectivity index (χ2n) is 3.67. The van der Waals surface area contributed by atoms with Crippen LogP contribution in [-0.2, 0) is 6.54 Å². The summed E-state index contributed by atoms with van der Waals surface area (Å²) < 4.78 is 0. The van der Waals surface area contributed by atoms with E-state index in [-0.39, 0.29) is 5.91 Å². The fourth-order valence-corrected chi connectivity index (χ4v) is 1.42. The Morgan fingerprint density at radius 3 is 3.06 bits per heavy atom. The van der Waals surface area contributed by atoms with Crippen LogP contribution in [0.25, 0.3) is 0 Å². The molecule has 17 heavy (non-hydrogen) atoms. The Morgan fingerprint density at radius 1 is 1.59 bits per heavy atom. The van der Waals surface area contributed by atoms with Crippen molar-refractivity contribution in [2.45, 2.75) is 13.5 Å². The van der Waals surface area contributed by atoms with Gasteiger partial charge in [-0.1, -0.05) is 0 Å². The summed E-state index contributed by atoms with van der Waals surface area (Å²) in [4.78, 5) is 15.6. The molecule has 2 aromatic heterocycles. The average molecular weight is 231 g/mol. The monoisotopic (exact) mass is 231 g/mol. The van der Waals surface area contributed by atoms with Crippen molar-refractivity contribution < 1.29 is 4.79 Å². The fraction of sp³-hybridized carbons (Fsp3) is 0.182.